The molecule has 29 heavy (non-hydrogen) atoms. The zero-order valence-corrected chi connectivity index (χ0v) is 16.9. The second-order valence-electron chi connectivity index (χ2n) is 5.93. The molecule has 1 aromatic carbocycles. The van der Waals surface area contributed by atoms with E-state index in [0.717, 1.165) is 10.5 Å². The molecule has 1 unspecified atom stereocenters. The van der Waals surface area contributed by atoms with Gasteiger partial charge in [0.1, 0.15) is 11.3 Å². The van der Waals surface area contributed by atoms with Gasteiger partial charge in [-0.05, 0) is 31.2 Å². The number of pyridine rings is 1. The summed E-state index contributed by atoms with van der Waals surface area (Å²) in [7, 11) is 0. The zero-order valence-electron chi connectivity index (χ0n) is 14.6. The van der Waals surface area contributed by atoms with Crippen molar-refractivity contribution in [3.63, 3.8) is 0 Å². The van der Waals surface area contributed by atoms with Crippen molar-refractivity contribution in [3.8, 4) is 5.75 Å². The van der Waals surface area contributed by atoms with Gasteiger partial charge in [0.05, 0.1) is 16.6 Å². The molecule has 1 atom stereocenters. The Morgan fingerprint density at radius 1 is 1.21 bits per heavy atom. The van der Waals surface area contributed by atoms with Gasteiger partial charge >= 0.3 is 6.18 Å². The minimum absolute atomic E-state index is 0.0677. The molecule has 2 heterocycles. The molecule has 0 spiro atoms. The van der Waals surface area contributed by atoms with Crippen LogP contribution in [0.2, 0.25) is 15.1 Å². The highest BCUT2D eigenvalue weighted by molar-refractivity contribution is 6.35. The quantitative estimate of drug-likeness (QED) is 0.586. The normalized spacial score (nSPS) is 12.8. The number of fused-ring (bicyclic) bond motifs is 1. The number of carbonyl (C=O) groups is 1. The van der Waals surface area contributed by atoms with Crippen LogP contribution >= 0.6 is 34.8 Å². The van der Waals surface area contributed by atoms with E-state index < -0.39 is 29.4 Å². The number of hydrogen-bond acceptors (Lipinski definition) is 4. The molecular weight excluding hydrogens is 456 g/mol. The predicted octanol–water partition coefficient (Wildman–Crippen LogP) is 4.79. The van der Waals surface area contributed by atoms with Crippen molar-refractivity contribution >= 4 is 46.4 Å². The van der Waals surface area contributed by atoms with E-state index in [0.29, 0.717) is 5.02 Å². The smallest absolute Gasteiger partial charge is 0.420 e. The van der Waals surface area contributed by atoms with Gasteiger partial charge in [-0.25, -0.2) is 0 Å². The molecule has 0 aliphatic rings. The van der Waals surface area contributed by atoms with Crippen LogP contribution < -0.4 is 10.1 Å². The first kappa shape index (κ1) is 21.5. The van der Waals surface area contributed by atoms with Gasteiger partial charge in [0.25, 0.3) is 5.91 Å². The van der Waals surface area contributed by atoms with E-state index in [9.17, 15) is 18.0 Å². The second kappa shape index (κ2) is 8.25. The number of halogens is 6. The van der Waals surface area contributed by atoms with Crippen LogP contribution in [0.1, 0.15) is 18.3 Å². The Morgan fingerprint density at radius 2 is 1.93 bits per heavy atom. The molecule has 0 saturated heterocycles. The fourth-order valence-corrected chi connectivity index (χ4v) is 3.12. The van der Waals surface area contributed by atoms with Gasteiger partial charge < -0.3 is 10.1 Å². The third-order valence-electron chi connectivity index (χ3n) is 3.84. The second-order valence-corrected chi connectivity index (χ2v) is 7.21. The summed E-state index contributed by atoms with van der Waals surface area (Å²) in [6.45, 7) is 1.29. The number of ether oxygens (including phenoxy) is 1. The van der Waals surface area contributed by atoms with Crippen molar-refractivity contribution in [1.82, 2.24) is 19.9 Å². The van der Waals surface area contributed by atoms with Gasteiger partial charge in [0.2, 0.25) is 0 Å². The van der Waals surface area contributed by atoms with Crippen LogP contribution in [-0.4, -0.2) is 26.6 Å². The lowest BCUT2D eigenvalue weighted by molar-refractivity contribution is -0.136. The van der Waals surface area contributed by atoms with Crippen molar-refractivity contribution < 1.29 is 22.7 Å². The molecule has 0 fully saturated rings. The highest BCUT2D eigenvalue weighted by atomic mass is 35.5. The lowest BCUT2D eigenvalue weighted by Gasteiger charge is -2.15. The number of aromatic nitrogens is 3. The highest BCUT2D eigenvalue weighted by Gasteiger charge is 2.35. The molecule has 3 rings (SSSR count). The minimum Gasteiger partial charge on any atom is -0.479 e. The van der Waals surface area contributed by atoms with E-state index in [1.807, 2.05) is 0 Å². The summed E-state index contributed by atoms with van der Waals surface area (Å²) < 4.78 is 46.0. The predicted molar refractivity (Wildman–Crippen MR) is 101 cm³/mol. The van der Waals surface area contributed by atoms with Crippen molar-refractivity contribution in [2.75, 3.05) is 0 Å². The standard InChI is InChI=1S/C17H12Cl3F3N4O2/c1-8(29-13-3-2-9(18)5-12(13)20)16(28)24-6-14-25-26-15-11(17(21,22)23)4-10(19)7-27(14)15/h2-5,7-8H,6H2,1H3,(H,24,28). The van der Waals surface area contributed by atoms with Gasteiger partial charge in [-0.2, -0.15) is 13.2 Å². The van der Waals surface area contributed by atoms with Gasteiger partial charge in [-0.1, -0.05) is 34.8 Å². The number of nitrogens with zero attached hydrogens (tertiary/aromatic N) is 3. The Balaban J connectivity index is 1.73. The number of benzene rings is 1. The molecule has 6 nitrogen and oxygen atoms in total. The largest absolute Gasteiger partial charge is 0.479 e. The van der Waals surface area contributed by atoms with Gasteiger partial charge in [0, 0.05) is 11.2 Å². The molecule has 0 aliphatic carbocycles. The molecule has 1 amide bonds. The molecule has 1 N–H and O–H groups in total. The minimum atomic E-state index is -4.65. The topological polar surface area (TPSA) is 68.5 Å². The molecule has 0 saturated carbocycles. The average Bonchev–Trinajstić information content (AvgIpc) is 3.03. The maximum atomic E-state index is 13.1. The van der Waals surface area contributed by atoms with Crippen molar-refractivity contribution in [1.29, 1.82) is 0 Å². The SMILES string of the molecule is CC(Oc1ccc(Cl)cc1Cl)C(=O)NCc1nnc2c(C(F)(F)F)cc(Cl)cn12. The molecule has 0 aliphatic heterocycles. The van der Waals surface area contributed by atoms with Crippen molar-refractivity contribution in [2.45, 2.75) is 25.7 Å². The third-order valence-corrected chi connectivity index (χ3v) is 4.57. The lowest BCUT2D eigenvalue weighted by atomic mass is 10.2. The summed E-state index contributed by atoms with van der Waals surface area (Å²) in [5, 5.41) is 10.3. The van der Waals surface area contributed by atoms with Crippen LogP contribution in [0.15, 0.2) is 30.5 Å². The zero-order chi connectivity index (χ0) is 21.3. The van der Waals surface area contributed by atoms with Crippen LogP contribution in [0.3, 0.4) is 0 Å². The number of carbonyl (C=O) groups excluding carboxylic acids is 1. The van der Waals surface area contributed by atoms with Gasteiger partial charge in [-0.15, -0.1) is 10.2 Å². The Bertz CT molecular complexity index is 1070. The fourth-order valence-electron chi connectivity index (χ4n) is 2.46. The Labute approximate surface area is 177 Å². The Kier molecular flexibility index (Phi) is 6.11. The summed E-state index contributed by atoms with van der Waals surface area (Å²) >= 11 is 17.6. The summed E-state index contributed by atoms with van der Waals surface area (Å²) in [6, 6.07) is 5.30. The first-order valence-corrected chi connectivity index (χ1v) is 9.19. The first-order valence-electron chi connectivity index (χ1n) is 8.06. The van der Waals surface area contributed by atoms with E-state index in [1.54, 1.807) is 6.07 Å². The molecule has 0 bridgehead atoms. The third kappa shape index (κ3) is 4.85. The Morgan fingerprint density at radius 3 is 2.59 bits per heavy atom. The van der Waals surface area contributed by atoms with Gasteiger partial charge in [0.15, 0.2) is 17.6 Å². The highest BCUT2D eigenvalue weighted by Crippen LogP contribution is 2.33. The van der Waals surface area contributed by atoms with E-state index in [-0.39, 0.29) is 28.2 Å². The van der Waals surface area contributed by atoms with E-state index in [2.05, 4.69) is 15.5 Å². The van der Waals surface area contributed by atoms with Gasteiger partial charge in [-0.3, -0.25) is 9.20 Å². The molecule has 2 aromatic heterocycles. The number of nitrogens with one attached hydrogen (secondary N) is 1. The first-order chi connectivity index (χ1) is 13.6. The summed E-state index contributed by atoms with van der Waals surface area (Å²) in [5.41, 5.74) is -1.44. The molecule has 154 valence electrons. The van der Waals surface area contributed by atoms with Crippen molar-refractivity contribution in [3.05, 3.63) is 56.9 Å². The van der Waals surface area contributed by atoms with Crippen LogP contribution in [0.5, 0.6) is 5.75 Å². The van der Waals surface area contributed by atoms with Crippen LogP contribution in [0, 0.1) is 0 Å². The van der Waals surface area contributed by atoms with Crippen LogP contribution in [0.25, 0.3) is 5.65 Å². The maximum Gasteiger partial charge on any atom is 0.420 e. The Hall–Kier alpha value is -2.23. The number of amides is 1. The molecular formula is C17H12Cl3F3N4O2. The summed E-state index contributed by atoms with van der Waals surface area (Å²) in [4.78, 5) is 12.3. The van der Waals surface area contributed by atoms with Crippen LogP contribution in [-0.2, 0) is 17.5 Å². The molecule has 3 aromatic rings. The summed E-state index contributed by atoms with van der Waals surface area (Å²) in [6.07, 6.45) is -4.36. The molecule has 0 radical (unpaired) electrons. The van der Waals surface area contributed by atoms with Crippen molar-refractivity contribution in [2.24, 2.45) is 0 Å². The van der Waals surface area contributed by atoms with E-state index in [1.165, 1.54) is 25.3 Å². The number of rotatable bonds is 5. The fraction of sp³-hybridized carbons (Fsp3) is 0.235. The monoisotopic (exact) mass is 466 g/mol. The van der Waals surface area contributed by atoms with E-state index >= 15 is 0 Å². The number of alkyl halides is 3. The average molecular weight is 468 g/mol. The maximum absolute atomic E-state index is 13.1. The van der Waals surface area contributed by atoms with E-state index in [4.69, 9.17) is 39.5 Å². The number of hydrogen-bond donors (Lipinski definition) is 1. The lowest BCUT2D eigenvalue weighted by Crippen LogP contribution is -2.36. The summed E-state index contributed by atoms with van der Waals surface area (Å²) in [5.74, 6) is -0.211. The van der Waals surface area contributed by atoms with Crippen LogP contribution in [0.4, 0.5) is 13.2 Å². The molecule has 12 heteroatoms.